The van der Waals surface area contributed by atoms with Crippen LogP contribution < -0.4 is 9.80 Å². The zero-order chi connectivity index (χ0) is 13.0. The SMILES string of the molecule is CCOC(=O)c1cccc(N(C)C)c1N(C)C. The van der Waals surface area contributed by atoms with Crippen molar-refractivity contribution in [1.29, 1.82) is 0 Å². The monoisotopic (exact) mass is 236 g/mol. The van der Waals surface area contributed by atoms with Gasteiger partial charge in [-0.1, -0.05) is 6.07 Å². The Morgan fingerprint density at radius 2 is 1.82 bits per heavy atom. The Hall–Kier alpha value is -1.71. The second kappa shape index (κ2) is 5.57. The maximum absolute atomic E-state index is 11.9. The zero-order valence-corrected chi connectivity index (χ0v) is 11.2. The molecule has 0 N–H and O–H groups in total. The molecule has 4 nitrogen and oxygen atoms in total. The second-order valence-electron chi connectivity index (χ2n) is 4.18. The van der Waals surface area contributed by atoms with E-state index in [1.165, 1.54) is 0 Å². The third kappa shape index (κ3) is 2.90. The van der Waals surface area contributed by atoms with E-state index in [9.17, 15) is 4.79 Å². The number of carbonyl (C=O) groups is 1. The average molecular weight is 236 g/mol. The summed E-state index contributed by atoms with van der Waals surface area (Å²) in [5, 5.41) is 0. The van der Waals surface area contributed by atoms with Gasteiger partial charge in [0.15, 0.2) is 0 Å². The van der Waals surface area contributed by atoms with E-state index >= 15 is 0 Å². The molecule has 1 rings (SSSR count). The number of nitrogens with zero attached hydrogens (tertiary/aromatic N) is 2. The van der Waals surface area contributed by atoms with Crippen molar-refractivity contribution in [2.24, 2.45) is 0 Å². The fourth-order valence-electron chi connectivity index (χ4n) is 1.74. The fraction of sp³-hybridized carbons (Fsp3) is 0.462. The summed E-state index contributed by atoms with van der Waals surface area (Å²) in [6.07, 6.45) is 0. The first-order valence-corrected chi connectivity index (χ1v) is 5.63. The smallest absolute Gasteiger partial charge is 0.340 e. The summed E-state index contributed by atoms with van der Waals surface area (Å²) in [5.74, 6) is -0.278. The summed E-state index contributed by atoms with van der Waals surface area (Å²) in [5.41, 5.74) is 2.49. The molecule has 1 aromatic carbocycles. The first-order chi connectivity index (χ1) is 7.99. The third-order valence-corrected chi connectivity index (χ3v) is 2.44. The maximum Gasteiger partial charge on any atom is 0.340 e. The van der Waals surface area contributed by atoms with E-state index in [2.05, 4.69) is 0 Å². The molecular weight excluding hydrogens is 216 g/mol. The fourth-order valence-corrected chi connectivity index (χ4v) is 1.74. The highest BCUT2D eigenvalue weighted by atomic mass is 16.5. The summed E-state index contributed by atoms with van der Waals surface area (Å²) in [7, 11) is 7.75. The molecule has 1 aromatic rings. The van der Waals surface area contributed by atoms with Gasteiger partial charge >= 0.3 is 5.97 Å². The molecule has 0 unspecified atom stereocenters. The summed E-state index contributed by atoms with van der Waals surface area (Å²) in [6.45, 7) is 2.20. The minimum Gasteiger partial charge on any atom is -0.462 e. The summed E-state index contributed by atoms with van der Waals surface area (Å²) in [6, 6.07) is 5.65. The summed E-state index contributed by atoms with van der Waals surface area (Å²) < 4.78 is 5.07. The highest BCUT2D eigenvalue weighted by Gasteiger charge is 2.18. The summed E-state index contributed by atoms with van der Waals surface area (Å²) >= 11 is 0. The lowest BCUT2D eigenvalue weighted by Crippen LogP contribution is -2.20. The van der Waals surface area contributed by atoms with Gasteiger partial charge in [0.1, 0.15) is 0 Å². The molecule has 94 valence electrons. The largest absolute Gasteiger partial charge is 0.462 e. The van der Waals surface area contributed by atoms with Crippen LogP contribution in [-0.2, 0) is 4.74 Å². The standard InChI is InChI=1S/C13H20N2O2/c1-6-17-13(16)10-8-7-9-11(14(2)3)12(10)15(4)5/h7-9H,6H2,1-5H3. The topological polar surface area (TPSA) is 32.8 Å². The van der Waals surface area contributed by atoms with Crippen molar-refractivity contribution in [2.75, 3.05) is 44.6 Å². The lowest BCUT2D eigenvalue weighted by Gasteiger charge is -2.24. The summed E-state index contributed by atoms with van der Waals surface area (Å²) in [4.78, 5) is 15.8. The molecule has 0 saturated heterocycles. The van der Waals surface area contributed by atoms with Crippen LogP contribution in [0.5, 0.6) is 0 Å². The number of carbonyl (C=O) groups excluding carboxylic acids is 1. The number of para-hydroxylation sites is 1. The van der Waals surface area contributed by atoms with Crippen molar-refractivity contribution in [3.63, 3.8) is 0 Å². The number of hydrogen-bond donors (Lipinski definition) is 0. The van der Waals surface area contributed by atoms with Crippen LogP contribution in [0.2, 0.25) is 0 Å². The first-order valence-electron chi connectivity index (χ1n) is 5.63. The van der Waals surface area contributed by atoms with Crippen molar-refractivity contribution >= 4 is 17.3 Å². The molecule has 4 heteroatoms. The lowest BCUT2D eigenvalue weighted by molar-refractivity contribution is 0.0527. The molecule has 0 fully saturated rings. The molecule has 0 spiro atoms. The van der Waals surface area contributed by atoms with E-state index in [1.54, 1.807) is 6.07 Å². The van der Waals surface area contributed by atoms with Crippen LogP contribution in [0.4, 0.5) is 11.4 Å². The van der Waals surface area contributed by atoms with Gasteiger partial charge in [0.05, 0.1) is 23.5 Å². The predicted octanol–water partition coefficient (Wildman–Crippen LogP) is 2.00. The molecule has 0 aliphatic carbocycles. The van der Waals surface area contributed by atoms with Crippen molar-refractivity contribution in [3.05, 3.63) is 23.8 Å². The van der Waals surface area contributed by atoms with Crippen LogP contribution >= 0.6 is 0 Å². The molecule has 0 aliphatic heterocycles. The van der Waals surface area contributed by atoms with Gasteiger partial charge < -0.3 is 14.5 Å². The van der Waals surface area contributed by atoms with Crippen LogP contribution in [0, 0.1) is 0 Å². The number of anilines is 2. The van der Waals surface area contributed by atoms with Gasteiger partial charge in [-0.3, -0.25) is 0 Å². The highest BCUT2D eigenvalue weighted by Crippen LogP contribution is 2.31. The van der Waals surface area contributed by atoms with Gasteiger partial charge in [-0.15, -0.1) is 0 Å². The molecule has 17 heavy (non-hydrogen) atoms. The van der Waals surface area contributed by atoms with Crippen LogP contribution in [0.15, 0.2) is 18.2 Å². The normalized spacial score (nSPS) is 9.94. The predicted molar refractivity (Wildman–Crippen MR) is 71.1 cm³/mol. The number of ether oxygens (including phenoxy) is 1. The van der Waals surface area contributed by atoms with Crippen molar-refractivity contribution in [2.45, 2.75) is 6.92 Å². The Balaban J connectivity index is 3.30. The van der Waals surface area contributed by atoms with Crippen molar-refractivity contribution < 1.29 is 9.53 Å². The maximum atomic E-state index is 11.9. The minimum absolute atomic E-state index is 0.278. The third-order valence-electron chi connectivity index (χ3n) is 2.44. The Labute approximate surface area is 103 Å². The van der Waals surface area contributed by atoms with Crippen LogP contribution in [0.3, 0.4) is 0 Å². The van der Waals surface area contributed by atoms with Gasteiger partial charge in [-0.25, -0.2) is 4.79 Å². The average Bonchev–Trinajstić information content (AvgIpc) is 2.28. The van der Waals surface area contributed by atoms with E-state index in [-0.39, 0.29) is 5.97 Å². The molecule has 0 atom stereocenters. The number of rotatable bonds is 4. The Morgan fingerprint density at radius 1 is 1.18 bits per heavy atom. The van der Waals surface area contributed by atoms with Gasteiger partial charge in [0.2, 0.25) is 0 Å². The molecule has 0 heterocycles. The van der Waals surface area contributed by atoms with Crippen LogP contribution in [0.25, 0.3) is 0 Å². The van der Waals surface area contributed by atoms with Gasteiger partial charge in [-0.05, 0) is 19.1 Å². The molecule has 0 amide bonds. The highest BCUT2D eigenvalue weighted by molar-refractivity contribution is 5.99. The van der Waals surface area contributed by atoms with E-state index in [0.717, 1.165) is 11.4 Å². The zero-order valence-electron chi connectivity index (χ0n) is 11.2. The minimum atomic E-state index is -0.278. The molecule has 0 bridgehead atoms. The number of hydrogen-bond acceptors (Lipinski definition) is 4. The van der Waals surface area contributed by atoms with Gasteiger partial charge in [0, 0.05) is 28.2 Å². The van der Waals surface area contributed by atoms with E-state index in [0.29, 0.717) is 12.2 Å². The second-order valence-corrected chi connectivity index (χ2v) is 4.18. The van der Waals surface area contributed by atoms with E-state index in [4.69, 9.17) is 4.74 Å². The molecule has 0 aliphatic rings. The molecule has 0 radical (unpaired) electrons. The van der Waals surface area contributed by atoms with E-state index < -0.39 is 0 Å². The van der Waals surface area contributed by atoms with E-state index in [1.807, 2.05) is 57.0 Å². The van der Waals surface area contributed by atoms with Crippen molar-refractivity contribution in [3.8, 4) is 0 Å². The Morgan fingerprint density at radius 3 is 2.29 bits per heavy atom. The number of benzene rings is 1. The molecular formula is C13H20N2O2. The van der Waals surface area contributed by atoms with Gasteiger partial charge in [-0.2, -0.15) is 0 Å². The van der Waals surface area contributed by atoms with Crippen LogP contribution in [0.1, 0.15) is 17.3 Å². The van der Waals surface area contributed by atoms with Crippen molar-refractivity contribution in [1.82, 2.24) is 0 Å². The Bertz CT molecular complexity index is 400. The first kappa shape index (κ1) is 13.4. The quantitative estimate of drug-likeness (QED) is 0.749. The molecule has 0 saturated carbocycles. The molecule has 0 aromatic heterocycles. The number of esters is 1. The lowest BCUT2D eigenvalue weighted by atomic mass is 10.1. The van der Waals surface area contributed by atoms with Gasteiger partial charge in [0.25, 0.3) is 0 Å². The van der Waals surface area contributed by atoms with Crippen LogP contribution in [-0.4, -0.2) is 40.8 Å². The Kier molecular flexibility index (Phi) is 4.37.